The fourth-order valence-corrected chi connectivity index (χ4v) is 15.3. The molecule has 22 heavy (non-hydrogen) atoms. The summed E-state index contributed by atoms with van der Waals surface area (Å²) in [5.41, 5.74) is 0.746. The first-order chi connectivity index (χ1) is 10.5. The van der Waals surface area contributed by atoms with Crippen LogP contribution in [0.25, 0.3) is 0 Å². The maximum atomic E-state index is 14.1. The van der Waals surface area contributed by atoms with Crippen molar-refractivity contribution in [3.8, 4) is 0 Å². The Morgan fingerprint density at radius 2 is 1.27 bits per heavy atom. The van der Waals surface area contributed by atoms with E-state index in [9.17, 15) is 13.0 Å². The first-order valence-electron chi connectivity index (χ1n) is 8.98. The number of rotatable bonds is 4. The zero-order valence-corrected chi connectivity index (χ0v) is 15.9. The highest BCUT2D eigenvalue weighted by Crippen LogP contribution is 2.72. The van der Waals surface area contributed by atoms with E-state index in [-0.39, 0.29) is 11.0 Å². The molecular formula is C16H29O3PS2. The summed E-state index contributed by atoms with van der Waals surface area (Å²) >= 11 is 1.65. The van der Waals surface area contributed by atoms with E-state index < -0.39 is 16.2 Å². The van der Waals surface area contributed by atoms with E-state index in [1.807, 2.05) is 0 Å². The topological polar surface area (TPSA) is 51.2 Å². The van der Waals surface area contributed by atoms with E-state index in [0.717, 1.165) is 32.1 Å². The molecule has 0 amide bonds. The maximum Gasteiger partial charge on any atom is 0.151 e. The van der Waals surface area contributed by atoms with Crippen LogP contribution in [0.1, 0.15) is 70.6 Å². The monoisotopic (exact) mass is 364 g/mol. The van der Waals surface area contributed by atoms with E-state index in [1.54, 1.807) is 11.4 Å². The van der Waals surface area contributed by atoms with Crippen molar-refractivity contribution >= 4 is 27.6 Å². The summed E-state index contributed by atoms with van der Waals surface area (Å²) in [6, 6.07) is 0. The molecule has 128 valence electrons. The molecule has 3 nitrogen and oxygen atoms in total. The molecule has 0 N–H and O–H groups in total. The number of sulfone groups is 1. The molecule has 1 aliphatic heterocycles. The van der Waals surface area contributed by atoms with E-state index >= 15 is 0 Å². The fourth-order valence-electron chi connectivity index (χ4n) is 4.43. The largest absolute Gasteiger partial charge is 0.312 e. The van der Waals surface area contributed by atoms with Gasteiger partial charge in [-0.3, -0.25) is 0 Å². The van der Waals surface area contributed by atoms with Gasteiger partial charge in [0.25, 0.3) is 0 Å². The summed E-state index contributed by atoms with van der Waals surface area (Å²) in [5.74, 6) is 0.571. The summed E-state index contributed by atoms with van der Waals surface area (Å²) < 4.78 is 37.6. The predicted octanol–water partition coefficient (Wildman–Crippen LogP) is 4.85. The van der Waals surface area contributed by atoms with Gasteiger partial charge in [0.05, 0.1) is 11.5 Å². The van der Waals surface area contributed by atoms with E-state index in [1.165, 1.54) is 38.5 Å². The second-order valence-electron chi connectivity index (χ2n) is 7.36. The Bertz CT molecular complexity index is 498. The Balaban J connectivity index is 1.77. The third-order valence-corrected chi connectivity index (χ3v) is 15.4. The molecule has 2 aliphatic carbocycles. The summed E-state index contributed by atoms with van der Waals surface area (Å²) in [7, 11) is -2.87. The van der Waals surface area contributed by atoms with Crippen LogP contribution in [0.15, 0.2) is 0 Å². The molecule has 0 radical (unpaired) electrons. The van der Waals surface area contributed by atoms with Gasteiger partial charge in [0, 0.05) is 16.6 Å². The zero-order chi connectivity index (χ0) is 15.6. The van der Waals surface area contributed by atoms with Crippen LogP contribution in [-0.2, 0) is 14.4 Å². The molecule has 0 bridgehead atoms. The second kappa shape index (κ2) is 7.19. The first-order valence-corrected chi connectivity index (χ1v) is 14.1. The van der Waals surface area contributed by atoms with Crippen LogP contribution in [0.3, 0.4) is 0 Å². The number of hydrogen-bond acceptors (Lipinski definition) is 4. The molecule has 3 fully saturated rings. The minimum Gasteiger partial charge on any atom is -0.312 e. The van der Waals surface area contributed by atoms with Gasteiger partial charge in [0.1, 0.15) is 6.34 Å². The summed E-state index contributed by atoms with van der Waals surface area (Å²) in [5, 5.41) is 0.0969. The summed E-state index contributed by atoms with van der Waals surface area (Å²) in [4.78, 5) is 0. The van der Waals surface area contributed by atoms with Crippen LogP contribution in [0.2, 0.25) is 0 Å². The van der Waals surface area contributed by atoms with Gasteiger partial charge in [-0.25, -0.2) is 8.42 Å². The molecule has 0 spiro atoms. The molecule has 1 heterocycles. The lowest BCUT2D eigenvalue weighted by Gasteiger charge is -2.38. The lowest BCUT2D eigenvalue weighted by atomic mass is 10.00. The van der Waals surface area contributed by atoms with Gasteiger partial charge in [-0.15, -0.1) is 0 Å². The van der Waals surface area contributed by atoms with Gasteiger partial charge < -0.3 is 4.57 Å². The Hall–Kier alpha value is 0.530. The highest BCUT2D eigenvalue weighted by molar-refractivity contribution is 8.58. The highest BCUT2D eigenvalue weighted by Gasteiger charge is 2.45. The van der Waals surface area contributed by atoms with Gasteiger partial charge in [-0.2, -0.15) is 0 Å². The maximum absolute atomic E-state index is 14.1. The van der Waals surface area contributed by atoms with Crippen LogP contribution >= 0.6 is 17.7 Å². The Morgan fingerprint density at radius 3 is 1.68 bits per heavy atom. The highest BCUT2D eigenvalue weighted by atomic mass is 32.7. The molecule has 1 saturated heterocycles. The van der Waals surface area contributed by atoms with E-state index in [2.05, 4.69) is 0 Å². The summed E-state index contributed by atoms with van der Waals surface area (Å²) in [6.07, 6.45) is 10.3. The van der Waals surface area contributed by atoms with Crippen molar-refractivity contribution in [3.63, 3.8) is 0 Å². The predicted molar refractivity (Wildman–Crippen MR) is 96.0 cm³/mol. The van der Waals surface area contributed by atoms with Crippen molar-refractivity contribution in [1.82, 2.24) is 0 Å². The van der Waals surface area contributed by atoms with Crippen LogP contribution in [-0.4, -0.2) is 36.5 Å². The van der Waals surface area contributed by atoms with Crippen molar-refractivity contribution in [2.75, 3.05) is 11.5 Å². The average molecular weight is 365 g/mol. The Morgan fingerprint density at radius 1 is 0.773 bits per heavy atom. The second-order valence-corrected chi connectivity index (χ2v) is 15.6. The summed E-state index contributed by atoms with van der Waals surface area (Å²) in [6.45, 7) is 0. The van der Waals surface area contributed by atoms with Gasteiger partial charge in [-0.1, -0.05) is 49.9 Å². The lowest BCUT2D eigenvalue weighted by molar-refractivity contribution is 0.456. The molecule has 6 heteroatoms. The Kier molecular flexibility index (Phi) is 5.67. The quantitative estimate of drug-likeness (QED) is 0.669. The fraction of sp³-hybridized carbons (Fsp3) is 1.00. The van der Waals surface area contributed by atoms with E-state index in [4.69, 9.17) is 0 Å². The van der Waals surface area contributed by atoms with Crippen LogP contribution in [0.5, 0.6) is 0 Å². The number of hydrogen-bond donors (Lipinski definition) is 0. The van der Waals surface area contributed by atoms with Gasteiger partial charge in [-0.05, 0) is 32.1 Å². The van der Waals surface area contributed by atoms with Gasteiger partial charge >= 0.3 is 0 Å². The minimum atomic E-state index is -2.87. The molecule has 0 aromatic carbocycles. The van der Waals surface area contributed by atoms with Crippen LogP contribution < -0.4 is 0 Å². The van der Waals surface area contributed by atoms with E-state index in [0.29, 0.717) is 17.1 Å². The molecule has 0 aromatic heterocycles. The average Bonchev–Trinajstić information content (AvgIpc) is 2.87. The van der Waals surface area contributed by atoms with Crippen molar-refractivity contribution in [3.05, 3.63) is 0 Å². The normalized spacial score (nSPS) is 31.4. The van der Waals surface area contributed by atoms with Gasteiger partial charge in [0.15, 0.2) is 9.84 Å². The third kappa shape index (κ3) is 3.95. The molecule has 0 aromatic rings. The standard InChI is InChI=1S/C16H29O3PS2/c17-20(14-7-3-1-4-8-14,15-9-5-2-6-10-15)21-16-11-12-22(18,19)13-16/h14-16H,1-13H2. The minimum absolute atomic E-state index is 0.0969. The smallest absolute Gasteiger partial charge is 0.151 e. The zero-order valence-electron chi connectivity index (χ0n) is 13.4. The Labute approximate surface area is 139 Å². The van der Waals surface area contributed by atoms with Crippen molar-refractivity contribution in [1.29, 1.82) is 0 Å². The molecule has 1 atom stereocenters. The lowest BCUT2D eigenvalue weighted by Crippen LogP contribution is -2.23. The van der Waals surface area contributed by atoms with Gasteiger partial charge in [0.2, 0.25) is 0 Å². The molecule has 3 rings (SSSR count). The van der Waals surface area contributed by atoms with Crippen LogP contribution in [0, 0.1) is 0 Å². The first kappa shape index (κ1) is 17.4. The molecule has 2 saturated carbocycles. The molecular weight excluding hydrogens is 335 g/mol. The SMILES string of the molecule is O=P(SC1CCS(=O)(=O)C1)(C1CCCCC1)C1CCCCC1. The molecule has 1 unspecified atom stereocenters. The van der Waals surface area contributed by atoms with Crippen molar-refractivity contribution < 1.29 is 13.0 Å². The third-order valence-electron chi connectivity index (χ3n) is 5.67. The van der Waals surface area contributed by atoms with Crippen molar-refractivity contribution in [2.45, 2.75) is 87.2 Å². The van der Waals surface area contributed by atoms with Crippen molar-refractivity contribution in [2.24, 2.45) is 0 Å². The molecule has 3 aliphatic rings. The van der Waals surface area contributed by atoms with Crippen LogP contribution in [0.4, 0.5) is 0 Å².